The van der Waals surface area contributed by atoms with Gasteiger partial charge in [-0.2, -0.15) is 0 Å². The smallest absolute Gasteiger partial charge is 0.303 e. The maximum absolute atomic E-state index is 12.1. The third-order valence-corrected chi connectivity index (χ3v) is 4.86. The fourth-order valence-corrected chi connectivity index (χ4v) is 3.72. The Bertz CT molecular complexity index is 1130. The second kappa shape index (κ2) is 9.77. The van der Waals surface area contributed by atoms with E-state index in [0.717, 1.165) is 0 Å². The summed E-state index contributed by atoms with van der Waals surface area (Å²) in [5.41, 5.74) is -0.312. The van der Waals surface area contributed by atoms with Gasteiger partial charge in [-0.05, 0) is 0 Å². The van der Waals surface area contributed by atoms with Crippen LogP contribution in [0, 0.1) is 0 Å². The van der Waals surface area contributed by atoms with E-state index < -0.39 is 59.8 Å². The second-order valence-corrected chi connectivity index (χ2v) is 7.45. The van der Waals surface area contributed by atoms with E-state index in [4.69, 9.17) is 14.2 Å². The Morgan fingerprint density at radius 1 is 1.06 bits per heavy atom. The average Bonchev–Trinajstić information content (AvgIpc) is 3.14. The first kappa shape index (κ1) is 23.8. The summed E-state index contributed by atoms with van der Waals surface area (Å²) in [6, 6.07) is -1.98. The number of esters is 2. The van der Waals surface area contributed by atoms with Gasteiger partial charge < -0.3 is 29.8 Å². The number of aromatic amines is 1. The first-order chi connectivity index (χ1) is 15.6. The van der Waals surface area contributed by atoms with Crippen molar-refractivity contribution >= 4 is 34.9 Å². The molecule has 1 fully saturated rings. The van der Waals surface area contributed by atoms with Gasteiger partial charge in [-0.1, -0.05) is 0 Å². The summed E-state index contributed by atoms with van der Waals surface area (Å²) in [6.45, 7) is 4.59. The molecule has 2 aromatic heterocycles. The molecule has 1 aliphatic heterocycles. The van der Waals surface area contributed by atoms with Gasteiger partial charge in [0.15, 0.2) is 23.5 Å². The lowest BCUT2D eigenvalue weighted by molar-refractivity contribution is -0.207. The molecule has 3 heterocycles. The number of amides is 2. The van der Waals surface area contributed by atoms with E-state index in [-0.39, 0.29) is 17.8 Å². The van der Waals surface area contributed by atoms with Gasteiger partial charge in [0, 0.05) is 27.7 Å². The molecule has 0 aromatic carbocycles. The number of hydrogen-bond donors (Lipinski definition) is 3. The van der Waals surface area contributed by atoms with Gasteiger partial charge in [0.1, 0.15) is 12.7 Å². The summed E-state index contributed by atoms with van der Waals surface area (Å²) in [5.74, 6) is -2.20. The van der Waals surface area contributed by atoms with Crippen LogP contribution in [0.15, 0.2) is 17.4 Å². The zero-order valence-electron chi connectivity index (χ0n) is 18.4. The highest BCUT2D eigenvalue weighted by atomic mass is 16.6. The maximum atomic E-state index is 12.1. The normalized spacial score (nSPS) is 24.7. The van der Waals surface area contributed by atoms with Crippen molar-refractivity contribution in [2.45, 2.75) is 58.2 Å². The van der Waals surface area contributed by atoms with Crippen LogP contribution in [0.3, 0.4) is 0 Å². The predicted molar refractivity (Wildman–Crippen MR) is 109 cm³/mol. The van der Waals surface area contributed by atoms with Crippen molar-refractivity contribution in [1.82, 2.24) is 30.2 Å². The number of carbonyl (C=O) groups is 4. The Kier molecular flexibility index (Phi) is 7.06. The van der Waals surface area contributed by atoms with E-state index in [1.165, 1.54) is 44.9 Å². The minimum atomic E-state index is -1.12. The number of hydrogen-bond acceptors (Lipinski definition) is 10. The van der Waals surface area contributed by atoms with Crippen LogP contribution >= 0.6 is 0 Å². The van der Waals surface area contributed by atoms with E-state index in [1.807, 2.05) is 0 Å². The fourth-order valence-electron chi connectivity index (χ4n) is 3.72. The van der Waals surface area contributed by atoms with Crippen LogP contribution in [0.4, 0.5) is 0 Å². The molecule has 0 unspecified atom stereocenters. The minimum Gasteiger partial charge on any atom is -0.463 e. The number of H-pyrrole nitrogens is 1. The monoisotopic (exact) mass is 464 g/mol. The molecular formula is C19H24N6O8. The summed E-state index contributed by atoms with van der Waals surface area (Å²) >= 11 is 0. The van der Waals surface area contributed by atoms with E-state index in [0.29, 0.717) is 0 Å². The highest BCUT2D eigenvalue weighted by molar-refractivity contribution is 5.75. The molecule has 0 aliphatic carbocycles. The SMILES string of the molecule is CC(=O)N[C@@H]1[C@@H](NC(C)=O)[C@H](n2cnc3c(=O)[nH]cnc32)O[C@H](COC(C)=O)[C@H]1OC(C)=O. The number of nitrogens with one attached hydrogen (secondary N) is 3. The molecule has 0 spiro atoms. The van der Waals surface area contributed by atoms with Gasteiger partial charge in [0.05, 0.1) is 24.7 Å². The van der Waals surface area contributed by atoms with Crippen molar-refractivity contribution < 1.29 is 33.4 Å². The third kappa shape index (κ3) is 5.34. The summed E-state index contributed by atoms with van der Waals surface area (Å²) in [4.78, 5) is 70.1. The molecule has 2 aromatic rings. The number of aromatic nitrogens is 4. The van der Waals surface area contributed by atoms with Gasteiger partial charge in [-0.15, -0.1) is 0 Å². The maximum Gasteiger partial charge on any atom is 0.303 e. The van der Waals surface area contributed by atoms with E-state index in [9.17, 15) is 24.0 Å². The van der Waals surface area contributed by atoms with Crippen molar-refractivity contribution in [3.05, 3.63) is 23.0 Å². The number of rotatable bonds is 6. The lowest BCUT2D eigenvalue weighted by atomic mass is 9.92. The Labute approximate surface area is 187 Å². The molecule has 1 saturated heterocycles. The van der Waals surface area contributed by atoms with Crippen LogP contribution in [0.1, 0.15) is 33.9 Å². The predicted octanol–water partition coefficient (Wildman–Crippen LogP) is -1.48. The standard InChI is InChI=1S/C19H24N6O8/c1-8(26)23-13-14(24-9(2)27)19(25-7-22-15-17(25)20-6-21-18(15)30)33-12(5-31-10(3)28)16(13)32-11(4)29/h6-7,12-14,16,19H,5H2,1-4H3,(H,23,26)(H,24,27)(H,20,21,30)/t12-,13-,14-,16-,19-/m1/s1. The molecule has 3 rings (SSSR count). The molecule has 178 valence electrons. The van der Waals surface area contributed by atoms with Crippen LogP contribution in [0.2, 0.25) is 0 Å². The van der Waals surface area contributed by atoms with Crippen LogP contribution in [-0.4, -0.2) is 74.2 Å². The van der Waals surface area contributed by atoms with E-state index in [2.05, 4.69) is 25.6 Å². The van der Waals surface area contributed by atoms with E-state index in [1.54, 1.807) is 0 Å². The minimum absolute atomic E-state index is 0.0254. The van der Waals surface area contributed by atoms with Crippen molar-refractivity contribution in [2.75, 3.05) is 6.61 Å². The van der Waals surface area contributed by atoms with Crippen LogP contribution < -0.4 is 16.2 Å². The Morgan fingerprint density at radius 3 is 2.33 bits per heavy atom. The third-order valence-electron chi connectivity index (χ3n) is 4.86. The van der Waals surface area contributed by atoms with Gasteiger partial charge in [0.25, 0.3) is 5.56 Å². The van der Waals surface area contributed by atoms with Gasteiger partial charge in [-0.3, -0.25) is 28.5 Å². The lowest BCUT2D eigenvalue weighted by Gasteiger charge is -2.46. The molecule has 0 saturated carbocycles. The second-order valence-electron chi connectivity index (χ2n) is 7.45. The van der Waals surface area contributed by atoms with Crippen molar-refractivity contribution in [2.24, 2.45) is 0 Å². The number of ether oxygens (including phenoxy) is 3. The quantitative estimate of drug-likeness (QED) is 0.426. The number of fused-ring (bicyclic) bond motifs is 1. The number of imidazole rings is 1. The van der Waals surface area contributed by atoms with Gasteiger partial charge >= 0.3 is 11.9 Å². The zero-order chi connectivity index (χ0) is 24.3. The fraction of sp³-hybridized carbons (Fsp3) is 0.526. The largest absolute Gasteiger partial charge is 0.463 e. The molecule has 33 heavy (non-hydrogen) atoms. The molecule has 2 amide bonds. The number of nitrogens with zero attached hydrogens (tertiary/aromatic N) is 3. The summed E-state index contributed by atoms with van der Waals surface area (Å²) < 4.78 is 18.0. The molecular weight excluding hydrogens is 440 g/mol. The molecule has 1 aliphatic rings. The topological polar surface area (TPSA) is 184 Å². The Balaban J connectivity index is 2.14. The van der Waals surface area contributed by atoms with Crippen molar-refractivity contribution in [3.8, 4) is 0 Å². The van der Waals surface area contributed by atoms with Gasteiger partial charge in [-0.25, -0.2) is 9.97 Å². The summed E-state index contributed by atoms with van der Waals surface area (Å²) in [5, 5.41) is 5.39. The van der Waals surface area contributed by atoms with Gasteiger partial charge in [0.2, 0.25) is 11.8 Å². The summed E-state index contributed by atoms with van der Waals surface area (Å²) in [6.07, 6.45) is -0.749. The summed E-state index contributed by atoms with van der Waals surface area (Å²) in [7, 11) is 0. The Hall–Kier alpha value is -3.81. The van der Waals surface area contributed by atoms with Crippen LogP contribution in [0.5, 0.6) is 0 Å². The zero-order valence-corrected chi connectivity index (χ0v) is 18.4. The molecule has 5 atom stereocenters. The van der Waals surface area contributed by atoms with Crippen molar-refractivity contribution in [3.63, 3.8) is 0 Å². The molecule has 14 nitrogen and oxygen atoms in total. The Morgan fingerprint density at radius 2 is 1.73 bits per heavy atom. The lowest BCUT2D eigenvalue weighted by Crippen LogP contribution is -2.68. The van der Waals surface area contributed by atoms with E-state index >= 15 is 0 Å². The first-order valence-electron chi connectivity index (χ1n) is 9.99. The molecule has 14 heteroatoms. The van der Waals surface area contributed by atoms with Crippen molar-refractivity contribution in [1.29, 1.82) is 0 Å². The molecule has 0 bridgehead atoms. The highest BCUT2D eigenvalue weighted by Gasteiger charge is 2.50. The molecule has 3 N–H and O–H groups in total. The average molecular weight is 464 g/mol. The van der Waals surface area contributed by atoms with Crippen LogP contribution in [0.25, 0.3) is 11.2 Å². The molecule has 0 radical (unpaired) electrons. The highest BCUT2D eigenvalue weighted by Crippen LogP contribution is 2.32. The van der Waals surface area contributed by atoms with Crippen LogP contribution in [-0.2, 0) is 33.4 Å². The number of carbonyl (C=O) groups excluding carboxylic acids is 4. The first-order valence-corrected chi connectivity index (χ1v) is 9.99.